The fourth-order valence-electron chi connectivity index (χ4n) is 4.64. The van der Waals surface area contributed by atoms with Crippen molar-refractivity contribution < 1.29 is 19.0 Å². The molecule has 2 aliphatic heterocycles. The van der Waals surface area contributed by atoms with Crippen LogP contribution in [-0.4, -0.2) is 60.4 Å². The monoisotopic (exact) mass is 513 g/mol. The SMILES string of the molecule is CN1COc2c(Br)cc3c(c2C1)c(C(=O)OCc1ccccc1)c(CN1CCOCC1)n3C. The van der Waals surface area contributed by atoms with Gasteiger partial charge in [-0.25, -0.2) is 4.79 Å². The van der Waals surface area contributed by atoms with Crippen LogP contribution in [0.15, 0.2) is 40.9 Å². The molecule has 1 aromatic heterocycles. The zero-order valence-electron chi connectivity index (χ0n) is 19.0. The van der Waals surface area contributed by atoms with Crippen LogP contribution in [0.3, 0.4) is 0 Å². The van der Waals surface area contributed by atoms with Crippen LogP contribution in [0.4, 0.5) is 0 Å². The summed E-state index contributed by atoms with van der Waals surface area (Å²) in [5.74, 6) is 0.506. The van der Waals surface area contributed by atoms with E-state index in [0.29, 0.717) is 38.6 Å². The second kappa shape index (κ2) is 9.46. The van der Waals surface area contributed by atoms with E-state index in [4.69, 9.17) is 14.2 Å². The lowest BCUT2D eigenvalue weighted by molar-refractivity contribution is 0.0326. The van der Waals surface area contributed by atoms with Gasteiger partial charge in [0.25, 0.3) is 0 Å². The van der Waals surface area contributed by atoms with Gasteiger partial charge in [0.05, 0.1) is 28.8 Å². The minimum atomic E-state index is -0.300. The Bertz CT molecular complexity index is 1170. The Morgan fingerprint density at radius 1 is 1.15 bits per heavy atom. The number of benzene rings is 2. The van der Waals surface area contributed by atoms with E-state index in [1.54, 1.807) is 0 Å². The van der Waals surface area contributed by atoms with Crippen LogP contribution in [0.5, 0.6) is 5.75 Å². The van der Waals surface area contributed by atoms with E-state index in [0.717, 1.165) is 51.0 Å². The van der Waals surface area contributed by atoms with E-state index in [2.05, 4.69) is 36.4 Å². The molecule has 33 heavy (non-hydrogen) atoms. The molecule has 5 rings (SSSR count). The molecule has 0 atom stereocenters. The Labute approximate surface area is 201 Å². The van der Waals surface area contributed by atoms with Crippen molar-refractivity contribution in [2.75, 3.05) is 40.1 Å². The molecule has 0 saturated carbocycles. The summed E-state index contributed by atoms with van der Waals surface area (Å²) in [5, 5.41) is 0.920. The highest BCUT2D eigenvalue weighted by atomic mass is 79.9. The average molecular weight is 514 g/mol. The summed E-state index contributed by atoms with van der Waals surface area (Å²) in [4.78, 5) is 18.0. The number of esters is 1. The second-order valence-corrected chi connectivity index (χ2v) is 9.53. The molecular formula is C25H28BrN3O4. The normalized spacial score (nSPS) is 17.1. The zero-order chi connectivity index (χ0) is 22.9. The second-order valence-electron chi connectivity index (χ2n) is 8.68. The first-order valence-corrected chi connectivity index (χ1v) is 12.0. The number of carbonyl (C=O) groups excluding carboxylic acids is 1. The molecule has 8 heteroatoms. The molecule has 2 aromatic carbocycles. The summed E-state index contributed by atoms with van der Waals surface area (Å²) >= 11 is 3.69. The highest BCUT2D eigenvalue weighted by Crippen LogP contribution is 2.42. The van der Waals surface area contributed by atoms with Gasteiger partial charge in [0.15, 0.2) is 0 Å². The molecule has 0 spiro atoms. The summed E-state index contributed by atoms with van der Waals surface area (Å²) in [6.45, 7) is 5.20. The first-order valence-electron chi connectivity index (χ1n) is 11.2. The van der Waals surface area contributed by atoms with E-state index in [1.165, 1.54) is 0 Å². The number of fused-ring (bicyclic) bond motifs is 3. The van der Waals surface area contributed by atoms with Crippen LogP contribution in [-0.2, 0) is 36.2 Å². The Hall–Kier alpha value is -2.39. The van der Waals surface area contributed by atoms with Crippen molar-refractivity contribution >= 4 is 32.8 Å². The molecule has 174 valence electrons. The minimum Gasteiger partial charge on any atom is -0.477 e. The third-order valence-corrected chi connectivity index (χ3v) is 6.96. The fraction of sp³-hybridized carbons (Fsp3) is 0.400. The lowest BCUT2D eigenvalue weighted by atomic mass is 10.0. The number of nitrogens with zero attached hydrogens (tertiary/aromatic N) is 3. The van der Waals surface area contributed by atoms with E-state index >= 15 is 0 Å². The molecule has 1 saturated heterocycles. The Kier molecular flexibility index (Phi) is 6.42. The number of hydrogen-bond donors (Lipinski definition) is 0. The smallest absolute Gasteiger partial charge is 0.341 e. The van der Waals surface area contributed by atoms with Crippen LogP contribution in [0, 0.1) is 0 Å². The Balaban J connectivity index is 1.61. The number of carbonyl (C=O) groups is 1. The molecule has 3 aromatic rings. The van der Waals surface area contributed by atoms with Gasteiger partial charge in [0.2, 0.25) is 0 Å². The molecular weight excluding hydrogens is 486 g/mol. The van der Waals surface area contributed by atoms with Crippen LogP contribution >= 0.6 is 15.9 Å². The quantitative estimate of drug-likeness (QED) is 0.482. The molecule has 0 unspecified atom stereocenters. The van der Waals surface area contributed by atoms with Crippen LogP contribution in [0.25, 0.3) is 10.9 Å². The topological polar surface area (TPSA) is 56.2 Å². The van der Waals surface area contributed by atoms with Gasteiger partial charge in [0.1, 0.15) is 19.1 Å². The first kappa shape index (κ1) is 22.4. The lowest BCUT2D eigenvalue weighted by Crippen LogP contribution is -2.36. The van der Waals surface area contributed by atoms with Gasteiger partial charge in [-0.15, -0.1) is 0 Å². The fourth-order valence-corrected chi connectivity index (χ4v) is 5.21. The van der Waals surface area contributed by atoms with Gasteiger partial charge >= 0.3 is 5.97 Å². The minimum absolute atomic E-state index is 0.238. The number of aryl methyl sites for hydroxylation is 1. The number of ether oxygens (including phenoxy) is 3. The van der Waals surface area contributed by atoms with Crippen LogP contribution in [0.1, 0.15) is 27.2 Å². The highest BCUT2D eigenvalue weighted by molar-refractivity contribution is 9.10. The van der Waals surface area contributed by atoms with Crippen LogP contribution in [0.2, 0.25) is 0 Å². The maximum atomic E-state index is 13.6. The summed E-state index contributed by atoms with van der Waals surface area (Å²) in [5.41, 5.74) is 4.57. The average Bonchev–Trinajstić information content (AvgIpc) is 3.10. The van der Waals surface area contributed by atoms with Crippen molar-refractivity contribution in [2.45, 2.75) is 19.7 Å². The summed E-state index contributed by atoms with van der Waals surface area (Å²) in [6, 6.07) is 11.8. The van der Waals surface area contributed by atoms with Gasteiger partial charge in [-0.1, -0.05) is 30.3 Å². The van der Waals surface area contributed by atoms with Gasteiger partial charge in [-0.05, 0) is 34.6 Å². The Morgan fingerprint density at radius 2 is 1.91 bits per heavy atom. The predicted octanol–water partition coefficient (Wildman–Crippen LogP) is 3.91. The van der Waals surface area contributed by atoms with Crippen molar-refractivity contribution in [3.63, 3.8) is 0 Å². The van der Waals surface area contributed by atoms with Crippen molar-refractivity contribution in [2.24, 2.45) is 7.05 Å². The van der Waals surface area contributed by atoms with E-state index < -0.39 is 0 Å². The molecule has 0 radical (unpaired) electrons. The third kappa shape index (κ3) is 4.40. The largest absolute Gasteiger partial charge is 0.477 e. The molecule has 1 fully saturated rings. The Morgan fingerprint density at radius 3 is 2.67 bits per heavy atom. The first-order chi connectivity index (χ1) is 16.0. The molecule has 0 amide bonds. The highest BCUT2D eigenvalue weighted by Gasteiger charge is 2.30. The van der Waals surface area contributed by atoms with E-state index in [-0.39, 0.29) is 12.6 Å². The molecule has 0 N–H and O–H groups in total. The van der Waals surface area contributed by atoms with Crippen molar-refractivity contribution in [3.05, 3.63) is 63.3 Å². The number of morpholine rings is 1. The van der Waals surface area contributed by atoms with Gasteiger partial charge < -0.3 is 18.8 Å². The maximum Gasteiger partial charge on any atom is 0.341 e. The van der Waals surface area contributed by atoms with E-state index in [9.17, 15) is 4.79 Å². The number of rotatable bonds is 5. The summed E-state index contributed by atoms with van der Waals surface area (Å²) in [7, 11) is 4.04. The molecule has 3 heterocycles. The predicted molar refractivity (Wildman–Crippen MR) is 129 cm³/mol. The molecule has 0 aliphatic carbocycles. The third-order valence-electron chi connectivity index (χ3n) is 6.37. The van der Waals surface area contributed by atoms with Gasteiger partial charge in [-0.3, -0.25) is 9.80 Å². The standard InChI is InChI=1S/C25H28BrN3O4/c1-27-13-18-22-20(12-19(26)24(18)33-16-27)28(2)21(14-29-8-10-31-11-9-29)23(22)25(30)32-15-17-6-4-3-5-7-17/h3-7,12H,8-11,13-16H2,1-2H3. The van der Waals surface area contributed by atoms with Crippen molar-refractivity contribution in [3.8, 4) is 5.75 Å². The number of hydrogen-bond acceptors (Lipinski definition) is 6. The van der Waals surface area contributed by atoms with Gasteiger partial charge in [-0.2, -0.15) is 0 Å². The summed E-state index contributed by atoms with van der Waals surface area (Å²) < 4.78 is 20.4. The van der Waals surface area contributed by atoms with Gasteiger partial charge in [0, 0.05) is 49.9 Å². The molecule has 7 nitrogen and oxygen atoms in total. The van der Waals surface area contributed by atoms with Crippen LogP contribution < -0.4 is 4.74 Å². The number of aromatic nitrogens is 1. The molecule has 0 bridgehead atoms. The maximum absolute atomic E-state index is 13.6. The lowest BCUT2D eigenvalue weighted by Gasteiger charge is -2.27. The molecule has 2 aliphatic rings. The zero-order valence-corrected chi connectivity index (χ0v) is 20.6. The van der Waals surface area contributed by atoms with Crippen molar-refractivity contribution in [1.29, 1.82) is 0 Å². The summed E-state index contributed by atoms with van der Waals surface area (Å²) in [6.07, 6.45) is 0. The van der Waals surface area contributed by atoms with Crippen molar-refractivity contribution in [1.82, 2.24) is 14.4 Å². The number of halogens is 1. The van der Waals surface area contributed by atoms with E-state index in [1.807, 2.05) is 44.4 Å².